The van der Waals surface area contributed by atoms with Crippen molar-refractivity contribution in [2.75, 3.05) is 7.05 Å². The maximum Gasteiger partial charge on any atom is 0.242 e. The van der Waals surface area contributed by atoms with Crippen molar-refractivity contribution in [1.82, 2.24) is 10.2 Å². The summed E-state index contributed by atoms with van der Waals surface area (Å²) >= 11 is 0. The van der Waals surface area contributed by atoms with Crippen molar-refractivity contribution in [2.45, 2.75) is 60.4 Å². The smallest absolute Gasteiger partial charge is 0.242 e. The van der Waals surface area contributed by atoms with Crippen LogP contribution in [-0.4, -0.2) is 23.9 Å². The van der Waals surface area contributed by atoms with Crippen molar-refractivity contribution in [2.24, 2.45) is 5.92 Å². The van der Waals surface area contributed by atoms with E-state index in [-0.39, 0.29) is 13.4 Å². The molecule has 3 nitrogen and oxygen atoms in total. The molecular formula is C16H34N2O. The lowest BCUT2D eigenvalue weighted by atomic mass is 10.0. The molecule has 0 heterocycles. The van der Waals surface area contributed by atoms with Crippen molar-refractivity contribution in [3.63, 3.8) is 0 Å². The molecule has 0 aliphatic heterocycles. The number of amides is 1. The van der Waals surface area contributed by atoms with Crippen LogP contribution in [0.15, 0.2) is 24.6 Å². The minimum absolute atomic E-state index is 0. The van der Waals surface area contributed by atoms with E-state index in [1.807, 2.05) is 37.9 Å². The second kappa shape index (κ2) is 11.8. The van der Waals surface area contributed by atoms with Gasteiger partial charge in [0.1, 0.15) is 6.04 Å². The lowest BCUT2D eigenvalue weighted by Gasteiger charge is -2.30. The zero-order valence-corrected chi connectivity index (χ0v) is 13.8. The molecule has 0 bridgehead atoms. The molecule has 1 unspecified atom stereocenters. The first-order chi connectivity index (χ1) is 8.93. The number of rotatable bonds is 7. The van der Waals surface area contributed by atoms with Gasteiger partial charge in [-0.2, -0.15) is 0 Å². The quantitative estimate of drug-likeness (QED) is 0.752. The van der Waals surface area contributed by atoms with Crippen LogP contribution in [0.5, 0.6) is 0 Å². The normalized spacial score (nSPS) is 11.8. The lowest BCUT2D eigenvalue weighted by Crippen LogP contribution is -2.43. The van der Waals surface area contributed by atoms with Crippen LogP contribution >= 0.6 is 0 Å². The van der Waals surface area contributed by atoms with E-state index in [9.17, 15) is 4.79 Å². The Hall–Kier alpha value is -1.25. The summed E-state index contributed by atoms with van der Waals surface area (Å²) in [5, 5.41) is 2.73. The van der Waals surface area contributed by atoms with Crippen molar-refractivity contribution in [1.29, 1.82) is 0 Å². The monoisotopic (exact) mass is 270 g/mol. The van der Waals surface area contributed by atoms with Crippen LogP contribution in [-0.2, 0) is 4.79 Å². The summed E-state index contributed by atoms with van der Waals surface area (Å²) in [6.45, 7) is 16.2. The van der Waals surface area contributed by atoms with Crippen LogP contribution in [0.4, 0.5) is 0 Å². The highest BCUT2D eigenvalue weighted by atomic mass is 16.2. The van der Waals surface area contributed by atoms with Gasteiger partial charge in [0.2, 0.25) is 5.91 Å². The SMILES string of the molecule is C=C(C)N(/C=C\CC)C(CC(C)C)C(=O)NC.CC.[HH]. The van der Waals surface area contributed by atoms with Crippen molar-refractivity contribution in [3.05, 3.63) is 24.6 Å². The zero-order chi connectivity index (χ0) is 15.4. The average molecular weight is 270 g/mol. The van der Waals surface area contributed by atoms with Gasteiger partial charge in [0.05, 0.1) is 0 Å². The molecule has 19 heavy (non-hydrogen) atoms. The van der Waals surface area contributed by atoms with E-state index in [0.29, 0.717) is 5.92 Å². The van der Waals surface area contributed by atoms with Gasteiger partial charge < -0.3 is 10.2 Å². The van der Waals surface area contributed by atoms with Crippen LogP contribution in [0, 0.1) is 5.92 Å². The van der Waals surface area contributed by atoms with Crippen LogP contribution in [0.25, 0.3) is 0 Å². The number of nitrogens with zero attached hydrogens (tertiary/aromatic N) is 1. The Morgan fingerprint density at radius 3 is 2.26 bits per heavy atom. The Morgan fingerprint density at radius 2 is 1.95 bits per heavy atom. The Labute approximate surface area is 121 Å². The van der Waals surface area contributed by atoms with Gasteiger partial charge in [-0.15, -0.1) is 0 Å². The maximum absolute atomic E-state index is 11.9. The third kappa shape index (κ3) is 8.46. The molecular weight excluding hydrogens is 236 g/mol. The minimum Gasteiger partial charge on any atom is -0.357 e. The van der Waals surface area contributed by atoms with E-state index < -0.39 is 0 Å². The average Bonchev–Trinajstić information content (AvgIpc) is 2.38. The van der Waals surface area contributed by atoms with E-state index in [1.165, 1.54) is 0 Å². The number of hydrogen-bond acceptors (Lipinski definition) is 2. The fourth-order valence-electron chi connectivity index (χ4n) is 1.68. The van der Waals surface area contributed by atoms with Crippen molar-refractivity contribution < 1.29 is 6.22 Å². The van der Waals surface area contributed by atoms with E-state index in [0.717, 1.165) is 18.5 Å². The molecule has 3 heteroatoms. The Bertz CT molecular complexity index is 288. The van der Waals surface area contributed by atoms with Gasteiger partial charge >= 0.3 is 0 Å². The van der Waals surface area contributed by atoms with E-state index in [4.69, 9.17) is 0 Å². The Kier molecular flexibility index (Phi) is 12.5. The van der Waals surface area contributed by atoms with Crippen molar-refractivity contribution >= 4 is 5.91 Å². The van der Waals surface area contributed by atoms with Gasteiger partial charge in [-0.05, 0) is 25.7 Å². The third-order valence-corrected chi connectivity index (χ3v) is 2.52. The van der Waals surface area contributed by atoms with Gasteiger partial charge in [-0.3, -0.25) is 4.79 Å². The molecule has 1 N–H and O–H groups in total. The van der Waals surface area contributed by atoms with Gasteiger partial charge in [0.25, 0.3) is 0 Å². The Balaban J connectivity index is -0.000000916. The minimum atomic E-state index is -0.166. The van der Waals surface area contributed by atoms with E-state index >= 15 is 0 Å². The molecule has 0 aromatic heterocycles. The number of carbonyl (C=O) groups is 1. The summed E-state index contributed by atoms with van der Waals surface area (Å²) in [5.74, 6) is 0.511. The molecule has 0 radical (unpaired) electrons. The second-order valence-corrected chi connectivity index (χ2v) is 4.70. The zero-order valence-electron chi connectivity index (χ0n) is 13.8. The predicted molar refractivity (Wildman–Crippen MR) is 86.9 cm³/mol. The summed E-state index contributed by atoms with van der Waals surface area (Å²) in [4.78, 5) is 13.9. The molecule has 1 amide bonds. The molecule has 0 aromatic rings. The van der Waals surface area contributed by atoms with Crippen LogP contribution < -0.4 is 5.32 Å². The molecule has 0 aliphatic rings. The second-order valence-electron chi connectivity index (χ2n) is 4.70. The highest BCUT2D eigenvalue weighted by Gasteiger charge is 2.24. The molecule has 1 atom stereocenters. The number of carbonyl (C=O) groups excluding carboxylic acids is 1. The fraction of sp³-hybridized carbons (Fsp3) is 0.688. The summed E-state index contributed by atoms with van der Waals surface area (Å²) in [7, 11) is 1.68. The molecule has 0 saturated heterocycles. The first kappa shape index (κ1) is 20.1. The van der Waals surface area contributed by atoms with Gasteiger partial charge in [0, 0.05) is 20.4 Å². The fourth-order valence-corrected chi connectivity index (χ4v) is 1.68. The number of allylic oxidation sites excluding steroid dienone is 2. The Morgan fingerprint density at radius 1 is 1.42 bits per heavy atom. The molecule has 0 fully saturated rings. The van der Waals surface area contributed by atoms with E-state index in [1.54, 1.807) is 7.05 Å². The maximum atomic E-state index is 11.9. The van der Waals surface area contributed by atoms with E-state index in [2.05, 4.69) is 32.7 Å². The summed E-state index contributed by atoms with van der Waals surface area (Å²) in [6.07, 6.45) is 5.78. The topological polar surface area (TPSA) is 32.3 Å². The molecule has 0 saturated carbocycles. The first-order valence-electron chi connectivity index (χ1n) is 7.26. The number of hydrogen-bond donors (Lipinski definition) is 1. The van der Waals surface area contributed by atoms with Gasteiger partial charge in [-0.25, -0.2) is 0 Å². The van der Waals surface area contributed by atoms with Gasteiger partial charge in [0.15, 0.2) is 0 Å². The van der Waals surface area contributed by atoms with Crippen LogP contribution in [0.1, 0.15) is 55.8 Å². The van der Waals surface area contributed by atoms with Gasteiger partial charge in [-0.1, -0.05) is 47.3 Å². The molecule has 0 spiro atoms. The highest BCUT2D eigenvalue weighted by molar-refractivity contribution is 5.81. The summed E-state index contributed by atoms with van der Waals surface area (Å²) in [6, 6.07) is -0.166. The summed E-state index contributed by atoms with van der Waals surface area (Å²) in [5.41, 5.74) is 0.893. The standard InChI is InChI=1S/C14H26N2O.C2H6.H2/c1-7-8-9-16(12(4)5)13(10-11(2)3)14(17)15-6;1-2;/h8-9,11,13H,4,7,10H2,1-3,5-6H3,(H,15,17);1-2H3;1H/b9-8-;;. The molecule has 0 rings (SSSR count). The largest absolute Gasteiger partial charge is 0.357 e. The third-order valence-electron chi connectivity index (χ3n) is 2.52. The lowest BCUT2D eigenvalue weighted by molar-refractivity contribution is -0.125. The molecule has 114 valence electrons. The summed E-state index contributed by atoms with van der Waals surface area (Å²) < 4.78 is 0. The molecule has 0 aliphatic carbocycles. The highest BCUT2D eigenvalue weighted by Crippen LogP contribution is 2.17. The van der Waals surface area contributed by atoms with Crippen LogP contribution in [0.2, 0.25) is 0 Å². The first-order valence-corrected chi connectivity index (χ1v) is 7.26. The van der Waals surface area contributed by atoms with Crippen LogP contribution in [0.3, 0.4) is 0 Å². The van der Waals surface area contributed by atoms with Crippen molar-refractivity contribution in [3.8, 4) is 0 Å². The molecule has 0 aromatic carbocycles. The number of nitrogens with one attached hydrogen (secondary N) is 1. The number of likely N-dealkylation sites (N-methyl/N-ethyl adjacent to an activating group) is 1. The predicted octanol–water partition coefficient (Wildman–Crippen LogP) is 4.18.